The second-order valence-electron chi connectivity index (χ2n) is 4.60. The van der Waals surface area contributed by atoms with Crippen LogP contribution in [0.3, 0.4) is 0 Å². The summed E-state index contributed by atoms with van der Waals surface area (Å²) in [6, 6.07) is 6.21. The molecule has 0 bridgehead atoms. The fourth-order valence-corrected chi connectivity index (χ4v) is 2.67. The topological polar surface area (TPSA) is 101 Å². The van der Waals surface area contributed by atoms with E-state index < -0.39 is 10.0 Å². The molecule has 0 fully saturated rings. The van der Waals surface area contributed by atoms with Crippen molar-refractivity contribution in [1.29, 1.82) is 0 Å². The predicted octanol–water partition coefficient (Wildman–Crippen LogP) is 0.760. The molecule has 8 heteroatoms. The summed E-state index contributed by atoms with van der Waals surface area (Å²) in [7, 11) is -3.43. The van der Waals surface area contributed by atoms with Gasteiger partial charge in [0.2, 0.25) is 15.9 Å². The van der Waals surface area contributed by atoms with Crippen LogP contribution in [0.1, 0.15) is 25.8 Å². The van der Waals surface area contributed by atoms with Crippen molar-refractivity contribution in [2.24, 2.45) is 5.73 Å². The molecule has 0 spiro atoms. The molecular formula is C13H22ClN3O3S. The highest BCUT2D eigenvalue weighted by atomic mass is 35.5. The van der Waals surface area contributed by atoms with Crippen molar-refractivity contribution in [2.75, 3.05) is 6.54 Å². The van der Waals surface area contributed by atoms with Crippen LogP contribution in [0.15, 0.2) is 29.2 Å². The molecule has 1 atom stereocenters. The highest BCUT2D eigenvalue weighted by Gasteiger charge is 2.12. The molecule has 0 radical (unpaired) electrons. The van der Waals surface area contributed by atoms with Crippen LogP contribution in [-0.4, -0.2) is 26.9 Å². The Labute approximate surface area is 132 Å². The molecule has 0 aliphatic rings. The number of hydrogen-bond donors (Lipinski definition) is 3. The quantitative estimate of drug-likeness (QED) is 0.684. The number of nitrogens with one attached hydrogen (secondary N) is 2. The van der Waals surface area contributed by atoms with Crippen LogP contribution < -0.4 is 15.8 Å². The van der Waals surface area contributed by atoms with Crippen LogP contribution in [0, 0.1) is 0 Å². The largest absolute Gasteiger partial charge is 0.352 e. The molecule has 0 saturated heterocycles. The summed E-state index contributed by atoms with van der Waals surface area (Å²) in [5, 5.41) is 2.73. The molecular weight excluding hydrogens is 314 g/mol. The van der Waals surface area contributed by atoms with Crippen molar-refractivity contribution in [1.82, 2.24) is 10.0 Å². The summed E-state index contributed by atoms with van der Waals surface area (Å²) in [6.45, 7) is 4.18. The number of halogens is 1. The molecule has 1 unspecified atom stereocenters. The van der Waals surface area contributed by atoms with Gasteiger partial charge in [-0.15, -0.1) is 12.4 Å². The standard InChI is InChI=1S/C13H21N3O3S.ClH/c1-3-16-20(18,19)12-6-4-11(5-7-12)9-15-13(17)8-10(2)14;/h4-7,10,16H,3,8-9,14H2,1-2H3,(H,15,17);1H. The van der Waals surface area contributed by atoms with Crippen LogP contribution in [-0.2, 0) is 21.4 Å². The van der Waals surface area contributed by atoms with Gasteiger partial charge in [-0.25, -0.2) is 13.1 Å². The molecule has 0 aliphatic heterocycles. The van der Waals surface area contributed by atoms with E-state index in [1.807, 2.05) is 0 Å². The molecule has 1 amide bonds. The number of rotatable bonds is 7. The SMILES string of the molecule is CCNS(=O)(=O)c1ccc(CNC(=O)CC(C)N)cc1.Cl. The van der Waals surface area contributed by atoms with E-state index in [4.69, 9.17) is 5.73 Å². The van der Waals surface area contributed by atoms with Gasteiger partial charge in [0.15, 0.2) is 0 Å². The Morgan fingerprint density at radius 2 is 1.86 bits per heavy atom. The Kier molecular flexibility index (Phi) is 8.50. The lowest BCUT2D eigenvalue weighted by atomic mass is 10.2. The van der Waals surface area contributed by atoms with E-state index in [0.29, 0.717) is 13.1 Å². The van der Waals surface area contributed by atoms with Crippen molar-refractivity contribution in [3.8, 4) is 0 Å². The fraction of sp³-hybridized carbons (Fsp3) is 0.462. The first kappa shape index (κ1) is 19.9. The van der Waals surface area contributed by atoms with E-state index in [-0.39, 0.29) is 35.7 Å². The third-order valence-corrected chi connectivity index (χ3v) is 4.13. The van der Waals surface area contributed by atoms with E-state index >= 15 is 0 Å². The minimum Gasteiger partial charge on any atom is -0.352 e. The zero-order chi connectivity index (χ0) is 15.2. The number of benzene rings is 1. The summed E-state index contributed by atoms with van der Waals surface area (Å²) < 4.78 is 25.9. The first-order valence-corrected chi connectivity index (χ1v) is 7.94. The first-order valence-electron chi connectivity index (χ1n) is 6.46. The number of carbonyl (C=O) groups excluding carboxylic acids is 1. The van der Waals surface area contributed by atoms with Crippen molar-refractivity contribution in [2.45, 2.75) is 37.8 Å². The average Bonchev–Trinajstić information content (AvgIpc) is 2.36. The van der Waals surface area contributed by atoms with Crippen LogP contribution >= 0.6 is 12.4 Å². The molecule has 1 aromatic rings. The van der Waals surface area contributed by atoms with Crippen LogP contribution in [0.4, 0.5) is 0 Å². The van der Waals surface area contributed by atoms with Crippen molar-refractivity contribution >= 4 is 28.3 Å². The van der Waals surface area contributed by atoms with Gasteiger partial charge in [-0.1, -0.05) is 19.1 Å². The maximum Gasteiger partial charge on any atom is 0.240 e. The Balaban J connectivity index is 0.00000400. The van der Waals surface area contributed by atoms with Gasteiger partial charge in [-0.2, -0.15) is 0 Å². The average molecular weight is 336 g/mol. The molecule has 0 aromatic heterocycles. The van der Waals surface area contributed by atoms with E-state index in [0.717, 1.165) is 5.56 Å². The van der Waals surface area contributed by atoms with Gasteiger partial charge < -0.3 is 11.1 Å². The van der Waals surface area contributed by atoms with Crippen LogP contribution in [0.5, 0.6) is 0 Å². The monoisotopic (exact) mass is 335 g/mol. The number of nitrogens with two attached hydrogens (primary N) is 1. The number of sulfonamides is 1. The van der Waals surface area contributed by atoms with Gasteiger partial charge in [0.1, 0.15) is 0 Å². The molecule has 1 rings (SSSR count). The zero-order valence-corrected chi connectivity index (χ0v) is 13.8. The van der Waals surface area contributed by atoms with Gasteiger partial charge in [-0.3, -0.25) is 4.79 Å². The third kappa shape index (κ3) is 6.90. The summed E-state index contributed by atoms with van der Waals surface area (Å²) in [6.07, 6.45) is 0.271. The van der Waals surface area contributed by atoms with Gasteiger partial charge >= 0.3 is 0 Å². The summed E-state index contributed by atoms with van der Waals surface area (Å²) in [4.78, 5) is 11.7. The molecule has 0 heterocycles. The molecule has 6 nitrogen and oxygen atoms in total. The first-order chi connectivity index (χ1) is 9.35. The van der Waals surface area contributed by atoms with Crippen LogP contribution in [0.2, 0.25) is 0 Å². The third-order valence-electron chi connectivity index (χ3n) is 2.57. The lowest BCUT2D eigenvalue weighted by molar-refractivity contribution is -0.121. The minimum absolute atomic E-state index is 0. The Bertz CT molecular complexity index is 544. The van der Waals surface area contributed by atoms with Gasteiger partial charge in [0.25, 0.3) is 0 Å². The lowest BCUT2D eigenvalue weighted by Crippen LogP contribution is -2.29. The van der Waals surface area contributed by atoms with E-state index in [9.17, 15) is 13.2 Å². The highest BCUT2D eigenvalue weighted by Crippen LogP contribution is 2.10. The Morgan fingerprint density at radius 1 is 1.29 bits per heavy atom. The second kappa shape index (κ2) is 8.99. The second-order valence-corrected chi connectivity index (χ2v) is 6.37. The molecule has 0 saturated carbocycles. The summed E-state index contributed by atoms with van der Waals surface area (Å²) >= 11 is 0. The number of carbonyl (C=O) groups is 1. The molecule has 21 heavy (non-hydrogen) atoms. The number of amides is 1. The van der Waals surface area contributed by atoms with Crippen LogP contribution in [0.25, 0.3) is 0 Å². The van der Waals surface area contributed by atoms with E-state index in [1.54, 1.807) is 26.0 Å². The minimum atomic E-state index is -3.43. The smallest absolute Gasteiger partial charge is 0.240 e. The maximum absolute atomic E-state index is 11.7. The highest BCUT2D eigenvalue weighted by molar-refractivity contribution is 7.89. The van der Waals surface area contributed by atoms with Crippen molar-refractivity contribution < 1.29 is 13.2 Å². The van der Waals surface area contributed by atoms with Gasteiger partial charge in [-0.05, 0) is 24.6 Å². The number of hydrogen-bond acceptors (Lipinski definition) is 4. The lowest BCUT2D eigenvalue weighted by Gasteiger charge is -2.08. The molecule has 1 aromatic carbocycles. The van der Waals surface area contributed by atoms with Crippen molar-refractivity contribution in [3.05, 3.63) is 29.8 Å². The maximum atomic E-state index is 11.7. The van der Waals surface area contributed by atoms with Crippen molar-refractivity contribution in [3.63, 3.8) is 0 Å². The summed E-state index contributed by atoms with van der Waals surface area (Å²) in [5.41, 5.74) is 6.36. The van der Waals surface area contributed by atoms with E-state index in [2.05, 4.69) is 10.0 Å². The molecule has 0 aliphatic carbocycles. The van der Waals surface area contributed by atoms with E-state index in [1.165, 1.54) is 12.1 Å². The zero-order valence-electron chi connectivity index (χ0n) is 12.1. The fourth-order valence-electron chi connectivity index (χ4n) is 1.63. The Morgan fingerprint density at radius 3 is 2.33 bits per heavy atom. The molecule has 120 valence electrons. The van der Waals surface area contributed by atoms with Gasteiger partial charge in [0, 0.05) is 25.6 Å². The van der Waals surface area contributed by atoms with Gasteiger partial charge in [0.05, 0.1) is 4.90 Å². The normalized spacial score (nSPS) is 12.3. The Hall–Kier alpha value is -1.15. The molecule has 4 N–H and O–H groups in total. The summed E-state index contributed by atoms with van der Waals surface area (Å²) in [5.74, 6) is -0.121. The predicted molar refractivity (Wildman–Crippen MR) is 84.7 cm³/mol.